The van der Waals surface area contributed by atoms with Crippen LogP contribution in [0.5, 0.6) is 0 Å². The summed E-state index contributed by atoms with van der Waals surface area (Å²) in [5, 5.41) is 4.18. The molecule has 2 saturated carbocycles. The van der Waals surface area contributed by atoms with Crippen molar-refractivity contribution in [2.24, 2.45) is 11.8 Å². The Morgan fingerprint density at radius 1 is 1.33 bits per heavy atom. The van der Waals surface area contributed by atoms with E-state index >= 15 is 0 Å². The maximum Gasteiger partial charge on any atom is 0.217 e. The van der Waals surface area contributed by atoms with Crippen molar-refractivity contribution in [2.75, 3.05) is 0 Å². The molecule has 3 aromatic rings. The zero-order chi connectivity index (χ0) is 16.3. The second-order valence-corrected chi connectivity index (χ2v) is 7.42. The number of imidazole rings is 1. The fraction of sp³-hybridized carbons (Fsp3) is 0.474. The molecule has 3 atom stereocenters. The molecule has 24 heavy (non-hydrogen) atoms. The molecule has 1 amide bonds. The lowest BCUT2D eigenvalue weighted by Crippen LogP contribution is -2.25. The van der Waals surface area contributed by atoms with Gasteiger partial charge in [-0.3, -0.25) is 4.79 Å². The number of aromatic amines is 1. The first-order valence-corrected chi connectivity index (χ1v) is 8.92. The molecule has 0 saturated heterocycles. The lowest BCUT2D eigenvalue weighted by molar-refractivity contribution is -0.119. The molecule has 0 unspecified atom stereocenters. The molecule has 2 aliphatic rings. The minimum Gasteiger partial charge on any atom is -0.361 e. The average Bonchev–Trinajstić information content (AvgIpc) is 3.32. The Bertz CT molecular complexity index is 938. The maximum absolute atomic E-state index is 11.4. The number of hydrogen-bond donors (Lipinski definition) is 2. The summed E-state index contributed by atoms with van der Waals surface area (Å²) in [6, 6.07) is 6.86. The Morgan fingerprint density at radius 3 is 3.00 bits per heavy atom. The summed E-state index contributed by atoms with van der Waals surface area (Å²) in [5.74, 6) is 2.62. The minimum atomic E-state index is -0.00617. The molecule has 2 aliphatic carbocycles. The molecular weight excluding hydrogens is 300 g/mol. The summed E-state index contributed by atoms with van der Waals surface area (Å²) in [6.45, 7) is 2.07. The van der Waals surface area contributed by atoms with Crippen LogP contribution < -0.4 is 5.32 Å². The minimum absolute atomic E-state index is 0.00617. The van der Waals surface area contributed by atoms with Crippen LogP contribution in [0.2, 0.25) is 0 Å². The highest BCUT2D eigenvalue weighted by Crippen LogP contribution is 2.52. The van der Waals surface area contributed by atoms with Gasteiger partial charge in [0.15, 0.2) is 0 Å². The molecule has 0 radical (unpaired) electrons. The first-order chi connectivity index (χ1) is 11.7. The predicted octanol–water partition coefficient (Wildman–Crippen LogP) is 3.51. The van der Waals surface area contributed by atoms with E-state index in [1.54, 1.807) is 6.92 Å². The first-order valence-electron chi connectivity index (χ1n) is 8.92. The van der Waals surface area contributed by atoms with Gasteiger partial charge in [0, 0.05) is 30.1 Å². The van der Waals surface area contributed by atoms with Crippen molar-refractivity contribution in [3.8, 4) is 0 Å². The molecule has 5 heteroatoms. The van der Waals surface area contributed by atoms with Crippen molar-refractivity contribution in [3.63, 3.8) is 0 Å². The van der Waals surface area contributed by atoms with Crippen LogP contribution in [0.25, 0.3) is 21.9 Å². The quantitative estimate of drug-likeness (QED) is 0.775. The Hall–Kier alpha value is -2.30. The molecule has 0 aliphatic heterocycles. The van der Waals surface area contributed by atoms with Gasteiger partial charge in [-0.05, 0) is 49.3 Å². The van der Waals surface area contributed by atoms with Gasteiger partial charge in [-0.2, -0.15) is 0 Å². The van der Waals surface area contributed by atoms with Gasteiger partial charge in [0.1, 0.15) is 5.82 Å². The lowest BCUT2D eigenvalue weighted by atomic mass is 9.94. The van der Waals surface area contributed by atoms with Crippen LogP contribution in [-0.2, 0) is 11.3 Å². The number of benzene rings is 1. The number of hydrogen-bond acceptors (Lipinski definition) is 2. The second kappa shape index (κ2) is 5.10. The van der Waals surface area contributed by atoms with Crippen LogP contribution in [0, 0.1) is 11.8 Å². The molecular formula is C19H22N4O. The number of rotatable bonds is 3. The van der Waals surface area contributed by atoms with E-state index in [2.05, 4.69) is 33.1 Å². The zero-order valence-corrected chi connectivity index (χ0v) is 13.9. The number of H-pyrrole nitrogens is 1. The van der Waals surface area contributed by atoms with Gasteiger partial charge >= 0.3 is 0 Å². The summed E-state index contributed by atoms with van der Waals surface area (Å²) in [5.41, 5.74) is 3.41. The van der Waals surface area contributed by atoms with Crippen molar-refractivity contribution in [1.82, 2.24) is 19.9 Å². The van der Waals surface area contributed by atoms with Gasteiger partial charge in [0.05, 0.1) is 17.6 Å². The molecule has 2 fully saturated rings. The van der Waals surface area contributed by atoms with E-state index in [9.17, 15) is 4.79 Å². The van der Waals surface area contributed by atoms with E-state index in [0.29, 0.717) is 12.6 Å². The molecule has 5 nitrogen and oxygen atoms in total. The Balaban J connectivity index is 1.71. The first kappa shape index (κ1) is 14.1. The number of fused-ring (bicyclic) bond motifs is 5. The third-order valence-electron chi connectivity index (χ3n) is 5.98. The Labute approximate surface area is 140 Å². The van der Waals surface area contributed by atoms with Crippen molar-refractivity contribution in [3.05, 3.63) is 30.2 Å². The van der Waals surface area contributed by atoms with Crippen LogP contribution in [0.3, 0.4) is 0 Å². The number of carbonyl (C=O) groups is 1. The molecule has 2 heterocycles. The van der Waals surface area contributed by atoms with Crippen LogP contribution in [-0.4, -0.2) is 20.4 Å². The third-order valence-corrected chi connectivity index (χ3v) is 5.98. The van der Waals surface area contributed by atoms with Crippen LogP contribution >= 0.6 is 0 Å². The van der Waals surface area contributed by atoms with E-state index in [4.69, 9.17) is 4.98 Å². The fourth-order valence-electron chi connectivity index (χ4n) is 4.98. The van der Waals surface area contributed by atoms with E-state index < -0.39 is 0 Å². The van der Waals surface area contributed by atoms with E-state index in [-0.39, 0.29) is 5.91 Å². The average molecular weight is 322 g/mol. The number of nitrogens with one attached hydrogen (secondary N) is 2. The highest BCUT2D eigenvalue weighted by molar-refractivity contribution is 6.03. The summed E-state index contributed by atoms with van der Waals surface area (Å²) in [7, 11) is 0. The van der Waals surface area contributed by atoms with E-state index in [1.165, 1.54) is 36.6 Å². The van der Waals surface area contributed by atoms with Crippen LogP contribution in [0.15, 0.2) is 24.4 Å². The topological polar surface area (TPSA) is 62.7 Å². The van der Waals surface area contributed by atoms with Crippen LogP contribution in [0.1, 0.15) is 44.5 Å². The standard InChI is InChI=1S/C19H22N4O/c1-11(24)21-10-18-22-16-5-4-15-14(6-7-20-15)19(16)23(18)17-9-12-2-3-13(17)8-12/h4-7,12-13,17,20H,2-3,8-10H2,1H3,(H,21,24)/t12-,13+,17+/m0/s1. The number of carbonyl (C=O) groups excluding carboxylic acids is 1. The molecule has 2 N–H and O–H groups in total. The van der Waals surface area contributed by atoms with Crippen molar-refractivity contribution in [1.29, 1.82) is 0 Å². The third kappa shape index (κ3) is 2.00. The van der Waals surface area contributed by atoms with Crippen molar-refractivity contribution in [2.45, 2.75) is 45.2 Å². The lowest BCUT2D eigenvalue weighted by Gasteiger charge is -2.26. The summed E-state index contributed by atoms with van der Waals surface area (Å²) in [4.78, 5) is 19.6. The molecule has 2 aromatic heterocycles. The molecule has 0 spiro atoms. The Morgan fingerprint density at radius 2 is 2.25 bits per heavy atom. The van der Waals surface area contributed by atoms with Gasteiger partial charge < -0.3 is 14.9 Å². The zero-order valence-electron chi connectivity index (χ0n) is 13.9. The van der Waals surface area contributed by atoms with Gasteiger partial charge in [-0.15, -0.1) is 0 Å². The van der Waals surface area contributed by atoms with Gasteiger partial charge in [0.25, 0.3) is 0 Å². The summed E-state index contributed by atoms with van der Waals surface area (Å²) >= 11 is 0. The molecule has 5 rings (SSSR count). The summed E-state index contributed by atoms with van der Waals surface area (Å²) < 4.78 is 2.45. The number of aromatic nitrogens is 3. The monoisotopic (exact) mass is 322 g/mol. The van der Waals surface area contributed by atoms with Crippen molar-refractivity contribution >= 4 is 27.8 Å². The van der Waals surface area contributed by atoms with Crippen molar-refractivity contribution < 1.29 is 4.79 Å². The summed E-state index contributed by atoms with van der Waals surface area (Å²) in [6.07, 6.45) is 7.32. The maximum atomic E-state index is 11.4. The largest absolute Gasteiger partial charge is 0.361 e. The number of nitrogens with zero attached hydrogens (tertiary/aromatic N) is 2. The number of amides is 1. The highest BCUT2D eigenvalue weighted by atomic mass is 16.1. The van der Waals surface area contributed by atoms with E-state index in [1.807, 2.05) is 6.20 Å². The molecule has 1 aromatic carbocycles. The molecule has 2 bridgehead atoms. The molecule has 124 valence electrons. The van der Waals surface area contributed by atoms with E-state index in [0.717, 1.165) is 28.7 Å². The normalized spacial score (nSPS) is 25.8. The Kier molecular flexibility index (Phi) is 2.99. The predicted molar refractivity (Wildman–Crippen MR) is 93.6 cm³/mol. The fourth-order valence-corrected chi connectivity index (χ4v) is 4.98. The van der Waals surface area contributed by atoms with Crippen LogP contribution in [0.4, 0.5) is 0 Å². The van der Waals surface area contributed by atoms with Gasteiger partial charge in [0.2, 0.25) is 5.91 Å². The SMILES string of the molecule is CC(=O)NCc1nc2ccc3[nH]ccc3c2n1[C@@H]1C[C@H]2CC[C@@H]1C2. The van der Waals surface area contributed by atoms with Gasteiger partial charge in [-0.1, -0.05) is 6.42 Å². The van der Waals surface area contributed by atoms with Gasteiger partial charge in [-0.25, -0.2) is 4.98 Å². The smallest absolute Gasteiger partial charge is 0.217 e. The second-order valence-electron chi connectivity index (χ2n) is 7.42. The highest BCUT2D eigenvalue weighted by Gasteiger charge is 2.41.